The molecule has 0 aliphatic carbocycles. The van der Waals surface area contributed by atoms with Gasteiger partial charge in [-0.05, 0) is 24.6 Å². The van der Waals surface area contributed by atoms with Gasteiger partial charge in [-0.15, -0.1) is 0 Å². The molecule has 1 fully saturated rings. The summed E-state index contributed by atoms with van der Waals surface area (Å²) >= 11 is 5.86. The quantitative estimate of drug-likeness (QED) is 0.336. The van der Waals surface area contributed by atoms with Gasteiger partial charge in [0.25, 0.3) is 0 Å². The first-order valence-corrected chi connectivity index (χ1v) is 11.4. The molecule has 3 heterocycles. The predicted octanol–water partition coefficient (Wildman–Crippen LogP) is 0.826. The standard InChI is InChI=1S/C18H23ClN6O4S/c19-15-2-5-18(22-12-15)23-8-10-24(11-9-23)30(28,29)13-16(25(27)14-26)3-4-17-20-6-1-7-21-17/h1-2,5-7,12,14,16,27H,3-4,8-11,13H2/t16-/m1/s1. The summed E-state index contributed by atoms with van der Waals surface area (Å²) in [4.78, 5) is 25.5. The number of piperazine rings is 1. The van der Waals surface area contributed by atoms with Gasteiger partial charge in [-0.25, -0.2) is 28.4 Å². The second kappa shape index (κ2) is 10.1. The Hall–Kier alpha value is -2.34. The topological polar surface area (TPSA) is 120 Å². The van der Waals surface area contributed by atoms with Gasteiger partial charge in [0.2, 0.25) is 16.4 Å². The van der Waals surface area contributed by atoms with E-state index in [2.05, 4.69) is 15.0 Å². The van der Waals surface area contributed by atoms with Crippen LogP contribution in [0.2, 0.25) is 5.02 Å². The molecule has 2 aromatic heterocycles. The number of aryl methyl sites for hydroxylation is 1. The molecule has 0 spiro atoms. The highest BCUT2D eigenvalue weighted by atomic mass is 35.5. The fraction of sp³-hybridized carbons (Fsp3) is 0.444. The van der Waals surface area contributed by atoms with Crippen LogP contribution in [0.3, 0.4) is 0 Å². The third-order valence-corrected chi connectivity index (χ3v) is 7.05. The van der Waals surface area contributed by atoms with E-state index >= 15 is 0 Å². The van der Waals surface area contributed by atoms with E-state index in [4.69, 9.17) is 11.6 Å². The van der Waals surface area contributed by atoms with Gasteiger partial charge < -0.3 is 4.90 Å². The molecule has 2 aromatic rings. The fourth-order valence-electron chi connectivity index (χ4n) is 3.23. The molecule has 162 valence electrons. The van der Waals surface area contributed by atoms with E-state index in [0.717, 1.165) is 5.82 Å². The third-order valence-electron chi connectivity index (χ3n) is 4.87. The minimum Gasteiger partial charge on any atom is -0.354 e. The number of anilines is 1. The second-order valence-electron chi connectivity index (χ2n) is 6.84. The lowest BCUT2D eigenvalue weighted by Crippen LogP contribution is -2.51. The number of carbonyl (C=O) groups is 1. The first-order valence-electron chi connectivity index (χ1n) is 9.42. The fourth-order valence-corrected chi connectivity index (χ4v) is 5.08. The van der Waals surface area contributed by atoms with E-state index in [1.807, 2.05) is 4.90 Å². The van der Waals surface area contributed by atoms with Crippen LogP contribution >= 0.6 is 11.6 Å². The molecular weight excluding hydrogens is 432 g/mol. The molecule has 12 heteroatoms. The molecule has 1 amide bonds. The normalized spacial score (nSPS) is 16.3. The summed E-state index contributed by atoms with van der Waals surface area (Å²) in [6, 6.07) is 4.31. The summed E-state index contributed by atoms with van der Waals surface area (Å²) in [5.41, 5.74) is 0. The number of halogens is 1. The molecule has 1 N–H and O–H groups in total. The number of rotatable bonds is 9. The summed E-state index contributed by atoms with van der Waals surface area (Å²) in [5, 5.41) is 10.8. The maximum absolute atomic E-state index is 12.9. The Bertz CT molecular complexity index is 923. The highest BCUT2D eigenvalue weighted by Gasteiger charge is 2.31. The molecular formula is C18H23ClN6O4S. The van der Waals surface area contributed by atoms with Gasteiger partial charge in [-0.3, -0.25) is 10.0 Å². The molecule has 0 saturated carbocycles. The predicted molar refractivity (Wildman–Crippen MR) is 111 cm³/mol. The third kappa shape index (κ3) is 5.85. The van der Waals surface area contributed by atoms with E-state index in [0.29, 0.717) is 35.4 Å². The molecule has 1 aliphatic rings. The zero-order chi connectivity index (χ0) is 21.6. The molecule has 0 aromatic carbocycles. The van der Waals surface area contributed by atoms with Crippen molar-refractivity contribution in [2.45, 2.75) is 18.9 Å². The highest BCUT2D eigenvalue weighted by Crippen LogP contribution is 2.19. The summed E-state index contributed by atoms with van der Waals surface area (Å²) < 4.78 is 27.2. The maximum Gasteiger partial charge on any atom is 0.233 e. The Balaban J connectivity index is 1.60. The maximum atomic E-state index is 12.9. The van der Waals surface area contributed by atoms with Crippen molar-refractivity contribution in [3.05, 3.63) is 47.6 Å². The van der Waals surface area contributed by atoms with Gasteiger partial charge in [0.15, 0.2) is 0 Å². The van der Waals surface area contributed by atoms with Crippen LogP contribution in [0, 0.1) is 0 Å². The van der Waals surface area contributed by atoms with Gasteiger partial charge >= 0.3 is 0 Å². The minimum absolute atomic E-state index is 0.215. The van der Waals surface area contributed by atoms with Crippen molar-refractivity contribution in [3.63, 3.8) is 0 Å². The van der Waals surface area contributed by atoms with Gasteiger partial charge in [-0.2, -0.15) is 4.31 Å². The number of amides is 1. The zero-order valence-corrected chi connectivity index (χ0v) is 17.8. The van der Waals surface area contributed by atoms with Gasteiger partial charge in [0.05, 0.1) is 16.8 Å². The summed E-state index contributed by atoms with van der Waals surface area (Å²) in [7, 11) is -3.69. The average molecular weight is 455 g/mol. The summed E-state index contributed by atoms with van der Waals surface area (Å²) in [6.45, 7) is 1.53. The Morgan fingerprint density at radius 1 is 1.17 bits per heavy atom. The van der Waals surface area contributed by atoms with Crippen LogP contribution in [0.4, 0.5) is 5.82 Å². The van der Waals surface area contributed by atoms with Crippen LogP contribution < -0.4 is 4.90 Å². The lowest BCUT2D eigenvalue weighted by atomic mass is 10.2. The second-order valence-corrected chi connectivity index (χ2v) is 9.29. The van der Waals surface area contributed by atoms with Crippen molar-refractivity contribution in [3.8, 4) is 0 Å². The van der Waals surface area contributed by atoms with Crippen LogP contribution in [0.15, 0.2) is 36.8 Å². The Labute approximate surface area is 180 Å². The van der Waals surface area contributed by atoms with Crippen molar-refractivity contribution in [1.82, 2.24) is 24.3 Å². The summed E-state index contributed by atoms with van der Waals surface area (Å²) in [5.74, 6) is 0.872. The van der Waals surface area contributed by atoms with E-state index in [-0.39, 0.29) is 31.7 Å². The lowest BCUT2D eigenvalue weighted by molar-refractivity contribution is -0.158. The first-order chi connectivity index (χ1) is 14.4. The SMILES string of the molecule is O=CN(O)[C@H](CCc1ncccn1)CS(=O)(=O)N1CCN(c2ccc(Cl)cn2)CC1. The van der Waals surface area contributed by atoms with E-state index in [1.165, 1.54) is 4.31 Å². The molecule has 0 bridgehead atoms. The number of pyridine rings is 1. The smallest absolute Gasteiger partial charge is 0.233 e. The molecule has 3 rings (SSSR count). The molecule has 0 unspecified atom stereocenters. The van der Waals surface area contributed by atoms with Crippen molar-refractivity contribution in [2.24, 2.45) is 0 Å². The Morgan fingerprint density at radius 2 is 1.87 bits per heavy atom. The molecule has 30 heavy (non-hydrogen) atoms. The van der Waals surface area contributed by atoms with Crippen molar-refractivity contribution in [1.29, 1.82) is 0 Å². The van der Waals surface area contributed by atoms with Crippen LogP contribution in [0.25, 0.3) is 0 Å². The number of hydrogen-bond acceptors (Lipinski definition) is 8. The van der Waals surface area contributed by atoms with Crippen LogP contribution in [-0.2, 0) is 21.2 Å². The monoisotopic (exact) mass is 454 g/mol. The van der Waals surface area contributed by atoms with Crippen molar-refractivity contribution in [2.75, 3.05) is 36.8 Å². The number of hydrogen-bond donors (Lipinski definition) is 1. The van der Waals surface area contributed by atoms with E-state index in [9.17, 15) is 18.4 Å². The van der Waals surface area contributed by atoms with Crippen LogP contribution in [0.1, 0.15) is 12.2 Å². The molecule has 1 atom stereocenters. The minimum atomic E-state index is -3.69. The van der Waals surface area contributed by atoms with Gasteiger partial charge in [0.1, 0.15) is 11.6 Å². The number of hydroxylamine groups is 2. The number of nitrogens with zero attached hydrogens (tertiary/aromatic N) is 6. The zero-order valence-electron chi connectivity index (χ0n) is 16.2. The summed E-state index contributed by atoms with van der Waals surface area (Å²) in [6.07, 6.45) is 5.49. The molecule has 1 aliphatic heterocycles. The van der Waals surface area contributed by atoms with Crippen molar-refractivity contribution >= 4 is 33.9 Å². The van der Waals surface area contributed by atoms with Crippen molar-refractivity contribution < 1.29 is 18.4 Å². The van der Waals surface area contributed by atoms with Crippen LogP contribution in [0.5, 0.6) is 0 Å². The number of sulfonamides is 1. The van der Waals surface area contributed by atoms with Crippen LogP contribution in [-0.4, -0.2) is 82.3 Å². The average Bonchev–Trinajstić information content (AvgIpc) is 2.77. The highest BCUT2D eigenvalue weighted by molar-refractivity contribution is 7.89. The number of aromatic nitrogens is 3. The number of carbonyl (C=O) groups excluding carboxylic acids is 1. The molecule has 10 nitrogen and oxygen atoms in total. The Morgan fingerprint density at radius 3 is 2.47 bits per heavy atom. The molecule has 0 radical (unpaired) electrons. The van der Waals surface area contributed by atoms with E-state index in [1.54, 1.807) is 36.8 Å². The van der Waals surface area contributed by atoms with Gasteiger partial charge in [0, 0.05) is 51.2 Å². The first kappa shape index (κ1) is 22.3. The molecule has 1 saturated heterocycles. The van der Waals surface area contributed by atoms with E-state index < -0.39 is 16.1 Å². The van der Waals surface area contributed by atoms with Gasteiger partial charge in [-0.1, -0.05) is 11.6 Å². The lowest BCUT2D eigenvalue weighted by Gasteiger charge is -2.35. The largest absolute Gasteiger partial charge is 0.354 e. The Kier molecular flexibility index (Phi) is 7.53.